The Morgan fingerprint density at radius 1 is 1.30 bits per heavy atom. The lowest BCUT2D eigenvalue weighted by molar-refractivity contribution is 0.0690. The Bertz CT molecular complexity index is 591. The van der Waals surface area contributed by atoms with Crippen molar-refractivity contribution in [1.29, 1.82) is 0 Å². The van der Waals surface area contributed by atoms with E-state index < -0.39 is 10.2 Å². The predicted octanol–water partition coefficient (Wildman–Crippen LogP) is 0.341. The number of carbonyl (C=O) groups excluding carboxylic acids is 1. The molecule has 0 aromatic carbocycles. The van der Waals surface area contributed by atoms with Crippen LogP contribution >= 0.6 is 15.9 Å². The van der Waals surface area contributed by atoms with Crippen LogP contribution in [-0.4, -0.2) is 73.1 Å². The van der Waals surface area contributed by atoms with Gasteiger partial charge in [-0.3, -0.25) is 4.79 Å². The molecule has 0 unspecified atom stereocenters. The summed E-state index contributed by atoms with van der Waals surface area (Å²) in [5.74, 6) is -0.113. The van der Waals surface area contributed by atoms with Gasteiger partial charge < -0.3 is 9.88 Å². The molecule has 0 bridgehead atoms. The number of rotatable bonds is 3. The van der Waals surface area contributed by atoms with Crippen molar-refractivity contribution in [2.45, 2.75) is 0 Å². The third-order valence-corrected chi connectivity index (χ3v) is 5.59. The van der Waals surface area contributed by atoms with E-state index >= 15 is 0 Å². The first-order chi connectivity index (χ1) is 9.32. The minimum absolute atomic E-state index is 0.113. The number of nitrogens with one attached hydrogen (secondary N) is 1. The number of amides is 1. The van der Waals surface area contributed by atoms with Crippen molar-refractivity contribution < 1.29 is 13.2 Å². The molecule has 1 amide bonds. The largest absolute Gasteiger partial charge is 0.356 e. The highest BCUT2D eigenvalue weighted by atomic mass is 79.9. The molecule has 20 heavy (non-hydrogen) atoms. The molecule has 2 rings (SSSR count). The molecule has 1 aromatic heterocycles. The van der Waals surface area contributed by atoms with Crippen LogP contribution in [0.15, 0.2) is 16.7 Å². The maximum atomic E-state index is 12.2. The van der Waals surface area contributed by atoms with Gasteiger partial charge in [-0.15, -0.1) is 0 Å². The lowest BCUT2D eigenvalue weighted by Gasteiger charge is -2.34. The fourth-order valence-corrected chi connectivity index (χ4v) is 3.44. The van der Waals surface area contributed by atoms with E-state index in [1.165, 1.54) is 22.7 Å². The van der Waals surface area contributed by atoms with E-state index in [2.05, 4.69) is 20.9 Å². The maximum Gasteiger partial charge on any atom is 0.281 e. The number of hydrogen-bond donors (Lipinski definition) is 1. The number of carbonyl (C=O) groups is 1. The number of hydrogen-bond acceptors (Lipinski definition) is 3. The van der Waals surface area contributed by atoms with Crippen molar-refractivity contribution in [2.24, 2.45) is 0 Å². The number of aromatic amines is 1. The van der Waals surface area contributed by atoms with Gasteiger partial charge in [-0.1, -0.05) is 0 Å². The van der Waals surface area contributed by atoms with Crippen LogP contribution in [0.25, 0.3) is 0 Å². The van der Waals surface area contributed by atoms with Gasteiger partial charge in [0.05, 0.1) is 0 Å². The van der Waals surface area contributed by atoms with Gasteiger partial charge in [0.15, 0.2) is 0 Å². The van der Waals surface area contributed by atoms with E-state index in [4.69, 9.17) is 0 Å². The zero-order valence-corrected chi connectivity index (χ0v) is 13.7. The Labute approximate surface area is 126 Å². The van der Waals surface area contributed by atoms with Crippen molar-refractivity contribution in [2.75, 3.05) is 40.3 Å². The van der Waals surface area contributed by atoms with Crippen molar-refractivity contribution >= 4 is 32.0 Å². The van der Waals surface area contributed by atoms with Gasteiger partial charge >= 0.3 is 0 Å². The molecule has 7 nitrogen and oxygen atoms in total. The molecule has 1 fully saturated rings. The summed E-state index contributed by atoms with van der Waals surface area (Å²) in [5, 5.41) is 0. The molecule has 0 radical (unpaired) electrons. The number of aromatic nitrogens is 1. The second kappa shape index (κ2) is 5.84. The third-order valence-electron chi connectivity index (χ3n) is 3.19. The van der Waals surface area contributed by atoms with Crippen LogP contribution in [0.5, 0.6) is 0 Å². The average Bonchev–Trinajstić information content (AvgIpc) is 2.84. The molecule has 0 saturated carbocycles. The van der Waals surface area contributed by atoms with Gasteiger partial charge in [0, 0.05) is 50.9 Å². The number of halogens is 1. The Morgan fingerprint density at radius 2 is 1.90 bits per heavy atom. The van der Waals surface area contributed by atoms with Crippen molar-refractivity contribution in [3.05, 3.63) is 22.4 Å². The van der Waals surface area contributed by atoms with Gasteiger partial charge in [-0.2, -0.15) is 17.0 Å². The third kappa shape index (κ3) is 3.05. The van der Waals surface area contributed by atoms with Crippen LogP contribution in [0.2, 0.25) is 0 Å². The summed E-state index contributed by atoms with van der Waals surface area (Å²) >= 11 is 3.28. The molecule has 0 aliphatic carbocycles. The highest BCUT2D eigenvalue weighted by Gasteiger charge is 2.30. The summed E-state index contributed by atoms with van der Waals surface area (Å²) in [6, 6.07) is 1.71. The van der Waals surface area contributed by atoms with Crippen LogP contribution in [0, 0.1) is 0 Å². The topological polar surface area (TPSA) is 76.7 Å². The molecular formula is C11H17BrN4O3S. The molecule has 0 atom stereocenters. The Balaban J connectivity index is 2.00. The molecule has 9 heteroatoms. The van der Waals surface area contributed by atoms with Gasteiger partial charge in [0.1, 0.15) is 5.69 Å². The van der Waals surface area contributed by atoms with Crippen molar-refractivity contribution in [3.63, 3.8) is 0 Å². The number of H-pyrrole nitrogens is 1. The summed E-state index contributed by atoms with van der Waals surface area (Å²) in [6.07, 6.45) is 1.69. The fourth-order valence-electron chi connectivity index (χ4n) is 2.01. The first-order valence-electron chi connectivity index (χ1n) is 6.13. The average molecular weight is 365 g/mol. The first-order valence-corrected chi connectivity index (χ1v) is 8.32. The van der Waals surface area contributed by atoms with E-state index in [1.54, 1.807) is 17.2 Å². The predicted molar refractivity (Wildman–Crippen MR) is 78.6 cm³/mol. The zero-order valence-electron chi connectivity index (χ0n) is 11.3. The Morgan fingerprint density at radius 3 is 2.35 bits per heavy atom. The molecule has 1 aliphatic rings. The van der Waals surface area contributed by atoms with Crippen LogP contribution in [0.1, 0.15) is 10.5 Å². The van der Waals surface area contributed by atoms with Gasteiger partial charge in [0.2, 0.25) is 0 Å². The molecule has 1 aromatic rings. The standard InChI is InChI=1S/C11H17BrN4O3S/c1-14(2)20(18,19)16-5-3-15(4-6-16)11(17)10-7-9(12)8-13-10/h7-8,13H,3-6H2,1-2H3. The van der Waals surface area contributed by atoms with Gasteiger partial charge in [-0.25, -0.2) is 0 Å². The molecule has 112 valence electrons. The molecule has 1 saturated heterocycles. The summed E-state index contributed by atoms with van der Waals surface area (Å²) in [4.78, 5) is 16.7. The Kier molecular flexibility index (Phi) is 4.52. The van der Waals surface area contributed by atoms with E-state index in [1.807, 2.05) is 0 Å². The molecule has 1 aliphatic heterocycles. The van der Waals surface area contributed by atoms with Crippen LogP contribution in [0.4, 0.5) is 0 Å². The highest BCUT2D eigenvalue weighted by molar-refractivity contribution is 9.10. The number of nitrogens with zero attached hydrogens (tertiary/aromatic N) is 3. The quantitative estimate of drug-likeness (QED) is 0.840. The lowest BCUT2D eigenvalue weighted by Crippen LogP contribution is -2.53. The minimum atomic E-state index is -3.40. The minimum Gasteiger partial charge on any atom is -0.356 e. The SMILES string of the molecule is CN(C)S(=O)(=O)N1CCN(C(=O)c2cc(Br)c[nH]2)CC1. The zero-order chi connectivity index (χ0) is 14.9. The normalized spacial score (nSPS) is 17.7. The van der Waals surface area contributed by atoms with Crippen LogP contribution in [-0.2, 0) is 10.2 Å². The number of piperazine rings is 1. The van der Waals surface area contributed by atoms with Gasteiger partial charge in [-0.05, 0) is 22.0 Å². The summed E-state index contributed by atoms with van der Waals surface area (Å²) in [6.45, 7) is 1.41. The van der Waals surface area contributed by atoms with Gasteiger partial charge in [0.25, 0.3) is 16.1 Å². The second-order valence-corrected chi connectivity index (χ2v) is 7.77. The molecular weight excluding hydrogens is 348 g/mol. The first kappa shape index (κ1) is 15.5. The second-order valence-electron chi connectivity index (χ2n) is 4.71. The van der Waals surface area contributed by atoms with Crippen LogP contribution < -0.4 is 0 Å². The molecule has 0 spiro atoms. The van der Waals surface area contributed by atoms with E-state index in [0.717, 1.165) is 4.47 Å². The fraction of sp³-hybridized carbons (Fsp3) is 0.545. The van der Waals surface area contributed by atoms with Crippen molar-refractivity contribution in [1.82, 2.24) is 18.5 Å². The van der Waals surface area contributed by atoms with E-state index in [9.17, 15) is 13.2 Å². The lowest BCUT2D eigenvalue weighted by atomic mass is 10.3. The summed E-state index contributed by atoms with van der Waals surface area (Å²) in [5.41, 5.74) is 0.501. The van der Waals surface area contributed by atoms with E-state index in [0.29, 0.717) is 31.9 Å². The van der Waals surface area contributed by atoms with E-state index in [-0.39, 0.29) is 5.91 Å². The molecule has 2 heterocycles. The monoisotopic (exact) mass is 364 g/mol. The summed E-state index contributed by atoms with van der Waals surface area (Å²) < 4.78 is 27.3. The van der Waals surface area contributed by atoms with Crippen molar-refractivity contribution in [3.8, 4) is 0 Å². The van der Waals surface area contributed by atoms with Crippen LogP contribution in [0.3, 0.4) is 0 Å². The Hall–Kier alpha value is -0.900. The maximum absolute atomic E-state index is 12.2. The highest BCUT2D eigenvalue weighted by Crippen LogP contribution is 2.15. The summed E-state index contributed by atoms with van der Waals surface area (Å²) in [7, 11) is -0.390. The smallest absolute Gasteiger partial charge is 0.281 e. The molecule has 1 N–H and O–H groups in total.